The summed E-state index contributed by atoms with van der Waals surface area (Å²) in [6, 6.07) is 16.7. The highest BCUT2D eigenvalue weighted by Crippen LogP contribution is 2.31. The van der Waals surface area contributed by atoms with Crippen LogP contribution in [0, 0.1) is 0 Å². The summed E-state index contributed by atoms with van der Waals surface area (Å²) in [4.78, 5) is 0. The van der Waals surface area contributed by atoms with Gasteiger partial charge in [-0.1, -0.05) is 139 Å². The van der Waals surface area contributed by atoms with Crippen molar-refractivity contribution in [3.8, 4) is 23.0 Å². The Morgan fingerprint density at radius 1 is 0.440 bits per heavy atom. The Labute approximate surface area is 302 Å². The van der Waals surface area contributed by atoms with Gasteiger partial charge in [-0.3, -0.25) is 0 Å². The minimum atomic E-state index is 0.433. The van der Waals surface area contributed by atoms with Crippen LogP contribution in [0.15, 0.2) is 99.2 Å². The monoisotopic (exact) mass is 674 g/mol. The SMILES string of the molecule is C=CCOc1ccc(OCC=C)c(/C=C/c2cc(CCCCCC)c(/C=C/c3cc(OCC=C)ccc3OCC=C)cc2CCCCCC)c1. The third-order valence-corrected chi connectivity index (χ3v) is 8.30. The van der Waals surface area contributed by atoms with Crippen LogP contribution < -0.4 is 18.9 Å². The van der Waals surface area contributed by atoms with Crippen molar-refractivity contribution in [2.24, 2.45) is 0 Å². The van der Waals surface area contributed by atoms with Crippen molar-refractivity contribution in [1.82, 2.24) is 0 Å². The molecule has 0 saturated heterocycles. The highest BCUT2D eigenvalue weighted by atomic mass is 16.5. The molecule has 3 aromatic carbocycles. The molecule has 0 radical (unpaired) electrons. The fourth-order valence-electron chi connectivity index (χ4n) is 5.68. The number of hydrogen-bond acceptors (Lipinski definition) is 4. The van der Waals surface area contributed by atoms with E-state index >= 15 is 0 Å². The summed E-state index contributed by atoms with van der Waals surface area (Å²) >= 11 is 0. The van der Waals surface area contributed by atoms with Gasteiger partial charge in [0.25, 0.3) is 0 Å². The first-order valence-corrected chi connectivity index (χ1v) is 18.3. The standard InChI is InChI=1S/C46H58O4/c1-7-13-15-17-19-37-33-40(22-24-42-36-44(48-30-10-4)26-28-46(42)50-32-12-6)38(20-18-16-14-8-2)34-39(37)21-23-41-35-43(47-29-9-3)25-27-45(41)49-31-11-5/h9-12,21-28,33-36H,3-8,13-20,29-32H2,1-2H3/b23-21+,24-22+. The number of ether oxygens (including phenoxy) is 4. The molecule has 4 nitrogen and oxygen atoms in total. The van der Waals surface area contributed by atoms with Crippen molar-refractivity contribution in [3.63, 3.8) is 0 Å². The van der Waals surface area contributed by atoms with E-state index in [9.17, 15) is 0 Å². The maximum atomic E-state index is 6.03. The van der Waals surface area contributed by atoms with Crippen LogP contribution in [0.4, 0.5) is 0 Å². The Kier molecular flexibility index (Phi) is 18.8. The van der Waals surface area contributed by atoms with Gasteiger partial charge in [-0.15, -0.1) is 0 Å². The number of benzene rings is 3. The van der Waals surface area contributed by atoms with E-state index in [0.29, 0.717) is 26.4 Å². The number of hydrogen-bond donors (Lipinski definition) is 0. The fourth-order valence-corrected chi connectivity index (χ4v) is 5.68. The average Bonchev–Trinajstić information content (AvgIpc) is 3.14. The van der Waals surface area contributed by atoms with Crippen molar-refractivity contribution in [2.45, 2.75) is 78.1 Å². The van der Waals surface area contributed by atoms with Gasteiger partial charge in [-0.05, 0) is 84.3 Å². The van der Waals surface area contributed by atoms with E-state index in [1.807, 2.05) is 36.4 Å². The lowest BCUT2D eigenvalue weighted by atomic mass is 9.91. The van der Waals surface area contributed by atoms with Crippen molar-refractivity contribution in [3.05, 3.63) is 133 Å². The second kappa shape index (κ2) is 23.6. The quantitative estimate of drug-likeness (QED) is 0.0482. The molecule has 0 fully saturated rings. The van der Waals surface area contributed by atoms with Crippen LogP contribution in [-0.4, -0.2) is 26.4 Å². The Bertz CT molecular complexity index is 1440. The largest absolute Gasteiger partial charge is 0.490 e. The van der Waals surface area contributed by atoms with Gasteiger partial charge in [0.1, 0.15) is 49.4 Å². The van der Waals surface area contributed by atoms with E-state index < -0.39 is 0 Å². The Balaban J connectivity index is 2.11. The predicted octanol–water partition coefficient (Wildman–Crippen LogP) is 12.5. The maximum absolute atomic E-state index is 6.03. The third-order valence-electron chi connectivity index (χ3n) is 8.30. The summed E-state index contributed by atoms with van der Waals surface area (Å²) in [5.41, 5.74) is 7.09. The fraction of sp³-hybridized carbons (Fsp3) is 0.348. The molecule has 0 aliphatic carbocycles. The molecule has 3 rings (SSSR count). The summed E-state index contributed by atoms with van der Waals surface area (Å²) in [5, 5.41) is 0. The molecule has 0 aliphatic heterocycles. The molecule has 0 N–H and O–H groups in total. The lowest BCUT2D eigenvalue weighted by molar-refractivity contribution is 0.352. The van der Waals surface area contributed by atoms with Gasteiger partial charge in [0.2, 0.25) is 0 Å². The van der Waals surface area contributed by atoms with Crippen LogP contribution >= 0.6 is 0 Å². The number of rotatable bonds is 26. The summed E-state index contributed by atoms with van der Waals surface area (Å²) in [6.45, 7) is 21.5. The molecule has 0 unspecified atom stereocenters. The average molecular weight is 675 g/mol. The van der Waals surface area contributed by atoms with Gasteiger partial charge in [0.15, 0.2) is 0 Å². The molecular weight excluding hydrogens is 617 g/mol. The Morgan fingerprint density at radius 2 is 0.820 bits per heavy atom. The van der Waals surface area contributed by atoms with Crippen LogP contribution in [0.3, 0.4) is 0 Å². The van der Waals surface area contributed by atoms with E-state index in [-0.39, 0.29) is 0 Å². The van der Waals surface area contributed by atoms with Crippen molar-refractivity contribution >= 4 is 24.3 Å². The molecule has 0 spiro atoms. The van der Waals surface area contributed by atoms with Crippen LogP contribution in [0.2, 0.25) is 0 Å². The summed E-state index contributed by atoms with van der Waals surface area (Å²) < 4.78 is 23.8. The molecule has 0 saturated carbocycles. The zero-order chi connectivity index (χ0) is 35.8. The molecule has 0 amide bonds. The topological polar surface area (TPSA) is 36.9 Å². The van der Waals surface area contributed by atoms with E-state index in [0.717, 1.165) is 59.8 Å². The zero-order valence-electron chi connectivity index (χ0n) is 30.6. The first-order valence-electron chi connectivity index (χ1n) is 18.3. The summed E-state index contributed by atoms with van der Waals surface area (Å²) in [5.74, 6) is 3.15. The highest BCUT2D eigenvalue weighted by Gasteiger charge is 2.11. The second-order valence-corrected chi connectivity index (χ2v) is 12.3. The van der Waals surface area contributed by atoms with Crippen molar-refractivity contribution in [1.29, 1.82) is 0 Å². The van der Waals surface area contributed by atoms with E-state index in [1.165, 1.54) is 60.8 Å². The van der Waals surface area contributed by atoms with Gasteiger partial charge < -0.3 is 18.9 Å². The maximum Gasteiger partial charge on any atom is 0.127 e. The normalized spacial score (nSPS) is 11.1. The van der Waals surface area contributed by atoms with Crippen LogP contribution in [0.5, 0.6) is 23.0 Å². The van der Waals surface area contributed by atoms with Gasteiger partial charge in [-0.2, -0.15) is 0 Å². The van der Waals surface area contributed by atoms with Crippen molar-refractivity contribution in [2.75, 3.05) is 26.4 Å². The third kappa shape index (κ3) is 13.7. The molecule has 266 valence electrons. The van der Waals surface area contributed by atoms with Crippen molar-refractivity contribution < 1.29 is 18.9 Å². The summed E-state index contributed by atoms with van der Waals surface area (Å²) in [7, 11) is 0. The second-order valence-electron chi connectivity index (χ2n) is 12.3. The molecule has 0 aromatic heterocycles. The van der Waals surface area contributed by atoms with E-state index in [4.69, 9.17) is 18.9 Å². The molecule has 0 bridgehead atoms. The van der Waals surface area contributed by atoms with Gasteiger partial charge in [0.05, 0.1) is 0 Å². The first kappa shape index (κ1) is 39.7. The molecular formula is C46H58O4. The molecule has 50 heavy (non-hydrogen) atoms. The molecule has 0 aliphatic rings. The van der Waals surface area contributed by atoms with Gasteiger partial charge in [0, 0.05) is 11.1 Å². The Hall–Kier alpha value is -4.70. The van der Waals surface area contributed by atoms with E-state index in [2.05, 4.69) is 76.6 Å². The molecule has 4 heteroatoms. The minimum Gasteiger partial charge on any atom is -0.490 e. The highest BCUT2D eigenvalue weighted by molar-refractivity contribution is 5.79. The lowest BCUT2D eigenvalue weighted by Crippen LogP contribution is -1.99. The number of unbranched alkanes of at least 4 members (excludes halogenated alkanes) is 6. The van der Waals surface area contributed by atoms with Crippen LogP contribution in [0.25, 0.3) is 24.3 Å². The zero-order valence-corrected chi connectivity index (χ0v) is 30.6. The molecule has 0 atom stereocenters. The van der Waals surface area contributed by atoms with Gasteiger partial charge >= 0.3 is 0 Å². The minimum absolute atomic E-state index is 0.433. The first-order chi connectivity index (χ1) is 24.6. The van der Waals surface area contributed by atoms with Crippen LogP contribution in [0.1, 0.15) is 98.6 Å². The molecule has 0 heterocycles. The lowest BCUT2D eigenvalue weighted by Gasteiger charge is -2.15. The smallest absolute Gasteiger partial charge is 0.127 e. The predicted molar refractivity (Wildman–Crippen MR) is 216 cm³/mol. The Morgan fingerprint density at radius 3 is 1.20 bits per heavy atom. The number of aryl methyl sites for hydroxylation is 2. The van der Waals surface area contributed by atoms with E-state index in [1.54, 1.807) is 24.3 Å². The van der Waals surface area contributed by atoms with Crippen LogP contribution in [-0.2, 0) is 12.8 Å². The van der Waals surface area contributed by atoms with Gasteiger partial charge in [-0.25, -0.2) is 0 Å². The summed E-state index contributed by atoms with van der Waals surface area (Å²) in [6.07, 6.45) is 27.5. The molecule has 3 aromatic rings.